The average molecular weight is 416 g/mol. The van der Waals surface area contributed by atoms with Gasteiger partial charge < -0.3 is 25.7 Å². The molecule has 1 fully saturated rings. The maximum absolute atomic E-state index is 12.5. The molecule has 0 atom stereocenters. The van der Waals surface area contributed by atoms with Crippen molar-refractivity contribution in [1.82, 2.24) is 24.9 Å². The number of fused-ring (bicyclic) bond motifs is 1. The second kappa shape index (κ2) is 8.00. The summed E-state index contributed by atoms with van der Waals surface area (Å²) in [5.41, 5.74) is 9.01. The van der Waals surface area contributed by atoms with E-state index in [0.29, 0.717) is 28.0 Å². The molecule has 4 heterocycles. The number of hydrogen-bond donors (Lipinski definition) is 3. The molecule has 31 heavy (non-hydrogen) atoms. The number of nitrogens with one attached hydrogen (secondary N) is 2. The second-order valence-electron chi connectivity index (χ2n) is 7.08. The molecular weight excluding hydrogens is 396 g/mol. The number of anilines is 4. The SMILES string of the molecule is Nc1ncc(-c2cc3nc[nH]c(=O)c3c(Nc3ccc(N4CCOCC4)cc3)n2)cn1. The molecule has 156 valence electrons. The maximum atomic E-state index is 12.5. The van der Waals surface area contributed by atoms with Crippen molar-refractivity contribution in [3.05, 3.63) is 59.4 Å². The Morgan fingerprint density at radius 1 is 1.06 bits per heavy atom. The van der Waals surface area contributed by atoms with Crippen LogP contribution in [0.2, 0.25) is 0 Å². The van der Waals surface area contributed by atoms with E-state index in [2.05, 4.69) is 35.1 Å². The number of hydrogen-bond acceptors (Lipinski definition) is 9. The zero-order valence-electron chi connectivity index (χ0n) is 16.6. The summed E-state index contributed by atoms with van der Waals surface area (Å²) in [5.74, 6) is 0.579. The van der Waals surface area contributed by atoms with Crippen molar-refractivity contribution in [3.63, 3.8) is 0 Å². The molecule has 0 bridgehead atoms. The van der Waals surface area contributed by atoms with Crippen LogP contribution >= 0.6 is 0 Å². The van der Waals surface area contributed by atoms with Crippen LogP contribution < -0.4 is 21.5 Å². The molecule has 0 unspecified atom stereocenters. The molecule has 1 aromatic carbocycles. The standard InChI is InChI=1S/C21H20N8O2/c22-21-23-10-13(11-24-21)16-9-17-18(20(30)26-12-25-17)19(28-16)27-14-1-3-15(4-2-14)29-5-7-31-8-6-29/h1-4,9-12H,5-8H2,(H,27,28)(H2,22,23,24)(H,25,26,30). The topological polar surface area (TPSA) is 135 Å². The molecular formula is C21H20N8O2. The van der Waals surface area contributed by atoms with Crippen molar-refractivity contribution >= 4 is 34.0 Å². The van der Waals surface area contributed by atoms with Gasteiger partial charge in [-0.3, -0.25) is 4.79 Å². The molecule has 1 aliphatic rings. The van der Waals surface area contributed by atoms with Crippen molar-refractivity contribution in [3.8, 4) is 11.3 Å². The van der Waals surface area contributed by atoms with E-state index in [-0.39, 0.29) is 11.5 Å². The molecule has 0 radical (unpaired) electrons. The Morgan fingerprint density at radius 2 is 1.81 bits per heavy atom. The first-order valence-electron chi connectivity index (χ1n) is 9.83. The van der Waals surface area contributed by atoms with Crippen molar-refractivity contribution in [2.45, 2.75) is 0 Å². The van der Waals surface area contributed by atoms with Gasteiger partial charge >= 0.3 is 0 Å². The number of benzene rings is 1. The highest BCUT2D eigenvalue weighted by Crippen LogP contribution is 2.27. The fourth-order valence-electron chi connectivity index (χ4n) is 3.51. The predicted octanol–water partition coefficient (Wildman–Crippen LogP) is 1.94. The van der Waals surface area contributed by atoms with Crippen molar-refractivity contribution in [2.75, 3.05) is 42.3 Å². The molecule has 10 heteroatoms. The van der Waals surface area contributed by atoms with Crippen LogP contribution in [0.1, 0.15) is 0 Å². The Kier molecular flexibility index (Phi) is 4.89. The number of rotatable bonds is 4. The Balaban J connectivity index is 1.52. The van der Waals surface area contributed by atoms with Crippen molar-refractivity contribution < 1.29 is 4.74 Å². The number of morpholine rings is 1. The van der Waals surface area contributed by atoms with Crippen LogP contribution in [0.4, 0.5) is 23.1 Å². The van der Waals surface area contributed by atoms with Gasteiger partial charge in [-0.25, -0.2) is 19.9 Å². The molecule has 0 saturated carbocycles. The quantitative estimate of drug-likeness (QED) is 0.456. The van der Waals surface area contributed by atoms with Gasteiger partial charge in [0.15, 0.2) is 0 Å². The number of ether oxygens (including phenoxy) is 1. The minimum atomic E-state index is -0.273. The number of aromatic amines is 1. The van der Waals surface area contributed by atoms with Crippen molar-refractivity contribution in [2.24, 2.45) is 0 Å². The van der Waals surface area contributed by atoms with Crippen LogP contribution in [0.3, 0.4) is 0 Å². The normalized spacial score (nSPS) is 14.0. The van der Waals surface area contributed by atoms with E-state index in [1.165, 1.54) is 6.33 Å². The first kappa shape index (κ1) is 18.9. The van der Waals surface area contributed by atoms with Crippen LogP contribution in [0.15, 0.2) is 53.8 Å². The number of H-pyrrole nitrogens is 1. The zero-order valence-corrected chi connectivity index (χ0v) is 16.6. The van der Waals surface area contributed by atoms with Crippen LogP contribution in [-0.2, 0) is 4.74 Å². The highest BCUT2D eigenvalue weighted by Gasteiger charge is 2.14. The van der Waals surface area contributed by atoms with Crippen LogP contribution in [0.5, 0.6) is 0 Å². The summed E-state index contributed by atoms with van der Waals surface area (Å²) < 4.78 is 5.41. The van der Waals surface area contributed by atoms with Gasteiger partial charge in [-0.05, 0) is 30.3 Å². The third-order valence-corrected chi connectivity index (χ3v) is 5.10. The van der Waals surface area contributed by atoms with E-state index in [1.54, 1.807) is 18.5 Å². The van der Waals surface area contributed by atoms with Gasteiger partial charge in [0.2, 0.25) is 5.95 Å². The lowest BCUT2D eigenvalue weighted by Crippen LogP contribution is -2.36. The number of nitrogen functional groups attached to an aromatic ring is 1. The first-order valence-corrected chi connectivity index (χ1v) is 9.83. The Bertz CT molecular complexity index is 1270. The molecule has 0 spiro atoms. The number of nitrogens with zero attached hydrogens (tertiary/aromatic N) is 5. The van der Waals surface area contributed by atoms with Gasteiger partial charge in [0.1, 0.15) is 11.2 Å². The third kappa shape index (κ3) is 3.88. The predicted molar refractivity (Wildman–Crippen MR) is 118 cm³/mol. The van der Waals surface area contributed by atoms with Crippen molar-refractivity contribution in [1.29, 1.82) is 0 Å². The van der Waals surface area contributed by atoms with Gasteiger partial charge in [0.25, 0.3) is 5.56 Å². The molecule has 0 aliphatic carbocycles. The minimum Gasteiger partial charge on any atom is -0.378 e. The van der Waals surface area contributed by atoms with E-state index in [1.807, 2.05) is 24.3 Å². The molecule has 4 N–H and O–H groups in total. The monoisotopic (exact) mass is 416 g/mol. The molecule has 10 nitrogen and oxygen atoms in total. The Hall–Kier alpha value is -4.05. The van der Waals surface area contributed by atoms with E-state index in [0.717, 1.165) is 37.7 Å². The number of nitrogens with two attached hydrogens (primary N) is 1. The summed E-state index contributed by atoms with van der Waals surface area (Å²) in [5, 5.41) is 3.63. The molecule has 3 aromatic heterocycles. The van der Waals surface area contributed by atoms with Gasteiger partial charge in [0.05, 0.1) is 30.8 Å². The smallest absolute Gasteiger partial charge is 0.262 e. The van der Waals surface area contributed by atoms with E-state index < -0.39 is 0 Å². The summed E-state index contributed by atoms with van der Waals surface area (Å²) in [4.78, 5) is 34.4. The fraction of sp³-hybridized carbons (Fsp3) is 0.190. The molecule has 1 saturated heterocycles. The summed E-state index contributed by atoms with van der Waals surface area (Å²) in [6.07, 6.45) is 4.55. The lowest BCUT2D eigenvalue weighted by Gasteiger charge is -2.28. The number of pyridine rings is 1. The molecule has 0 amide bonds. The highest BCUT2D eigenvalue weighted by molar-refractivity contribution is 5.92. The molecule has 4 aromatic rings. The zero-order chi connectivity index (χ0) is 21.2. The van der Waals surface area contributed by atoms with E-state index >= 15 is 0 Å². The summed E-state index contributed by atoms with van der Waals surface area (Å²) in [7, 11) is 0. The second-order valence-corrected chi connectivity index (χ2v) is 7.08. The Labute approximate surface area is 177 Å². The summed E-state index contributed by atoms with van der Waals surface area (Å²) >= 11 is 0. The first-order chi connectivity index (χ1) is 15.2. The lowest BCUT2D eigenvalue weighted by atomic mass is 10.1. The third-order valence-electron chi connectivity index (χ3n) is 5.10. The minimum absolute atomic E-state index is 0.179. The summed E-state index contributed by atoms with van der Waals surface area (Å²) in [6.45, 7) is 3.19. The summed E-state index contributed by atoms with van der Waals surface area (Å²) in [6, 6.07) is 9.72. The average Bonchev–Trinajstić information content (AvgIpc) is 2.80. The van der Waals surface area contributed by atoms with Crippen LogP contribution in [0, 0.1) is 0 Å². The van der Waals surface area contributed by atoms with Gasteiger partial charge in [0, 0.05) is 42.4 Å². The van der Waals surface area contributed by atoms with Gasteiger partial charge in [-0.1, -0.05) is 0 Å². The van der Waals surface area contributed by atoms with E-state index in [9.17, 15) is 4.79 Å². The van der Waals surface area contributed by atoms with Gasteiger partial charge in [-0.2, -0.15) is 0 Å². The Morgan fingerprint density at radius 3 is 2.55 bits per heavy atom. The van der Waals surface area contributed by atoms with E-state index in [4.69, 9.17) is 10.5 Å². The fourth-order valence-corrected chi connectivity index (χ4v) is 3.51. The largest absolute Gasteiger partial charge is 0.378 e. The van der Waals surface area contributed by atoms with Crippen LogP contribution in [0.25, 0.3) is 22.2 Å². The molecule has 1 aliphatic heterocycles. The lowest BCUT2D eigenvalue weighted by molar-refractivity contribution is 0.122. The van der Waals surface area contributed by atoms with Crippen LogP contribution in [-0.4, -0.2) is 51.2 Å². The molecule has 5 rings (SSSR count). The number of aromatic nitrogens is 5. The highest BCUT2D eigenvalue weighted by atomic mass is 16.5. The maximum Gasteiger partial charge on any atom is 0.262 e. The van der Waals surface area contributed by atoms with Gasteiger partial charge in [-0.15, -0.1) is 0 Å².